The van der Waals surface area contributed by atoms with Gasteiger partial charge >= 0.3 is 12.1 Å². The molecule has 152 valence electrons. The third kappa shape index (κ3) is 7.34. The van der Waals surface area contributed by atoms with Crippen LogP contribution in [0.2, 0.25) is 0 Å². The summed E-state index contributed by atoms with van der Waals surface area (Å²) >= 11 is 0. The fourth-order valence-corrected chi connectivity index (χ4v) is 1.97. The molecular formula is C19H29NO7. The number of ether oxygens (including phenoxy) is 3. The summed E-state index contributed by atoms with van der Waals surface area (Å²) < 4.78 is 15.6. The second kappa shape index (κ2) is 9.45. The van der Waals surface area contributed by atoms with Crippen LogP contribution in [0.15, 0.2) is 18.2 Å². The first-order valence-corrected chi connectivity index (χ1v) is 8.81. The lowest BCUT2D eigenvalue weighted by Crippen LogP contribution is -2.40. The zero-order chi connectivity index (χ0) is 20.8. The highest BCUT2D eigenvalue weighted by Crippen LogP contribution is 2.25. The van der Waals surface area contributed by atoms with Crippen molar-refractivity contribution in [3.63, 3.8) is 0 Å². The number of nitrogens with two attached hydrogens (primary N) is 1. The van der Waals surface area contributed by atoms with Crippen LogP contribution in [0.25, 0.3) is 0 Å². The van der Waals surface area contributed by atoms with Gasteiger partial charge in [-0.05, 0) is 58.2 Å². The van der Waals surface area contributed by atoms with Gasteiger partial charge in [-0.1, -0.05) is 13.0 Å². The highest BCUT2D eigenvalue weighted by molar-refractivity contribution is 5.76. The molecule has 1 unspecified atom stereocenters. The van der Waals surface area contributed by atoms with E-state index in [9.17, 15) is 19.8 Å². The first kappa shape index (κ1) is 22.6. The van der Waals surface area contributed by atoms with Crippen molar-refractivity contribution in [3.8, 4) is 11.5 Å². The number of aromatic hydroxyl groups is 2. The number of phenolic OH excluding ortho intramolecular Hbond substituents is 2. The zero-order valence-electron chi connectivity index (χ0n) is 16.4. The Balaban J connectivity index is 2.54. The molecule has 0 aliphatic carbocycles. The number of carbonyl (C=O) groups excluding carboxylic acids is 2. The van der Waals surface area contributed by atoms with Crippen LogP contribution in [0, 0.1) is 0 Å². The Morgan fingerprint density at radius 3 is 2.26 bits per heavy atom. The zero-order valence-corrected chi connectivity index (χ0v) is 16.4. The van der Waals surface area contributed by atoms with Gasteiger partial charge in [0.25, 0.3) is 0 Å². The summed E-state index contributed by atoms with van der Waals surface area (Å²) in [6, 6.07) is 3.20. The highest BCUT2D eigenvalue weighted by Gasteiger charge is 2.27. The van der Waals surface area contributed by atoms with Gasteiger partial charge in [-0.3, -0.25) is 4.79 Å². The van der Waals surface area contributed by atoms with Crippen molar-refractivity contribution in [2.45, 2.75) is 71.3 Å². The van der Waals surface area contributed by atoms with E-state index in [-0.39, 0.29) is 17.9 Å². The number of rotatable bonds is 8. The van der Waals surface area contributed by atoms with E-state index in [0.717, 1.165) is 0 Å². The van der Waals surface area contributed by atoms with Crippen LogP contribution >= 0.6 is 0 Å². The first-order chi connectivity index (χ1) is 12.4. The van der Waals surface area contributed by atoms with Crippen LogP contribution in [0.1, 0.15) is 46.6 Å². The van der Waals surface area contributed by atoms with E-state index in [4.69, 9.17) is 19.9 Å². The van der Waals surface area contributed by atoms with Crippen molar-refractivity contribution in [2.24, 2.45) is 5.73 Å². The monoisotopic (exact) mass is 383 g/mol. The van der Waals surface area contributed by atoms with Crippen LogP contribution in [-0.4, -0.2) is 46.2 Å². The van der Waals surface area contributed by atoms with E-state index in [2.05, 4.69) is 0 Å². The molecule has 3 atom stereocenters. The van der Waals surface area contributed by atoms with Gasteiger partial charge in [-0.2, -0.15) is 0 Å². The molecule has 0 aliphatic rings. The minimum absolute atomic E-state index is 0.112. The number of hydrogen-bond donors (Lipinski definition) is 3. The normalized spacial score (nSPS) is 14.7. The number of phenols is 2. The van der Waals surface area contributed by atoms with Gasteiger partial charge in [0, 0.05) is 0 Å². The SMILES string of the molecule is CCC(C)(C)OC(=O)OC(C)[C@@H](C)OC(=O)[C@@H](N)Cc1ccc(O)c(O)c1. The predicted octanol–water partition coefficient (Wildman–Crippen LogP) is 2.63. The van der Waals surface area contributed by atoms with Crippen LogP contribution < -0.4 is 5.73 Å². The van der Waals surface area contributed by atoms with E-state index in [1.165, 1.54) is 12.1 Å². The Hall–Kier alpha value is -2.48. The van der Waals surface area contributed by atoms with E-state index in [0.29, 0.717) is 12.0 Å². The second-order valence-corrected chi connectivity index (χ2v) is 7.06. The molecule has 0 fully saturated rings. The highest BCUT2D eigenvalue weighted by atomic mass is 16.7. The van der Waals surface area contributed by atoms with Crippen molar-refractivity contribution in [1.82, 2.24) is 0 Å². The lowest BCUT2D eigenvalue weighted by Gasteiger charge is -2.26. The van der Waals surface area contributed by atoms with Crippen LogP contribution in [0.4, 0.5) is 4.79 Å². The minimum atomic E-state index is -0.977. The quantitative estimate of drug-likeness (QED) is 0.462. The summed E-state index contributed by atoms with van der Waals surface area (Å²) in [5.41, 5.74) is 5.76. The molecule has 8 heteroatoms. The summed E-state index contributed by atoms with van der Waals surface area (Å²) in [6.07, 6.45) is -1.54. The topological polar surface area (TPSA) is 128 Å². The molecule has 0 saturated heterocycles. The minimum Gasteiger partial charge on any atom is -0.504 e. The van der Waals surface area contributed by atoms with Gasteiger partial charge in [-0.25, -0.2) is 4.79 Å². The Labute approximate surface area is 159 Å². The van der Waals surface area contributed by atoms with Gasteiger partial charge in [0.1, 0.15) is 23.9 Å². The first-order valence-electron chi connectivity index (χ1n) is 8.81. The molecule has 0 saturated carbocycles. The van der Waals surface area contributed by atoms with Gasteiger partial charge < -0.3 is 30.2 Å². The molecule has 1 rings (SSSR count). The third-order valence-corrected chi connectivity index (χ3v) is 4.25. The van der Waals surface area contributed by atoms with E-state index in [1.54, 1.807) is 33.8 Å². The van der Waals surface area contributed by atoms with Crippen molar-refractivity contribution in [1.29, 1.82) is 0 Å². The molecule has 4 N–H and O–H groups in total. The van der Waals surface area contributed by atoms with Crippen molar-refractivity contribution < 1.29 is 34.0 Å². The molecule has 0 spiro atoms. The third-order valence-electron chi connectivity index (χ3n) is 4.25. The summed E-state index contributed by atoms with van der Waals surface area (Å²) in [6.45, 7) is 8.59. The molecule has 0 aliphatic heterocycles. The number of esters is 1. The Bertz CT molecular complexity index is 659. The molecule has 1 aromatic carbocycles. The molecule has 27 heavy (non-hydrogen) atoms. The van der Waals surface area contributed by atoms with Crippen molar-refractivity contribution in [2.75, 3.05) is 0 Å². The van der Waals surface area contributed by atoms with Crippen LogP contribution in [0.5, 0.6) is 11.5 Å². The van der Waals surface area contributed by atoms with Gasteiger partial charge in [0.15, 0.2) is 11.5 Å². The number of hydrogen-bond acceptors (Lipinski definition) is 8. The maximum Gasteiger partial charge on any atom is 0.509 e. The Morgan fingerprint density at radius 2 is 1.70 bits per heavy atom. The summed E-state index contributed by atoms with van der Waals surface area (Å²) in [7, 11) is 0. The van der Waals surface area contributed by atoms with Gasteiger partial charge in [0.05, 0.1) is 0 Å². The summed E-state index contributed by atoms with van der Waals surface area (Å²) in [5, 5.41) is 18.8. The lowest BCUT2D eigenvalue weighted by atomic mass is 10.1. The molecule has 8 nitrogen and oxygen atoms in total. The maximum absolute atomic E-state index is 12.1. The van der Waals surface area contributed by atoms with Crippen molar-refractivity contribution in [3.05, 3.63) is 23.8 Å². The lowest BCUT2D eigenvalue weighted by molar-refractivity contribution is -0.156. The van der Waals surface area contributed by atoms with E-state index >= 15 is 0 Å². The largest absolute Gasteiger partial charge is 0.509 e. The average molecular weight is 383 g/mol. The Morgan fingerprint density at radius 1 is 1.11 bits per heavy atom. The summed E-state index contributed by atoms with van der Waals surface area (Å²) in [4.78, 5) is 23.9. The molecular weight excluding hydrogens is 354 g/mol. The molecule has 1 aromatic rings. The van der Waals surface area contributed by atoms with Crippen molar-refractivity contribution >= 4 is 12.1 Å². The fourth-order valence-electron chi connectivity index (χ4n) is 1.97. The van der Waals surface area contributed by atoms with Gasteiger partial charge in [-0.15, -0.1) is 0 Å². The fraction of sp³-hybridized carbons (Fsp3) is 0.579. The van der Waals surface area contributed by atoms with Gasteiger partial charge in [0.2, 0.25) is 0 Å². The standard InChI is InChI=1S/C19H29NO7/c1-6-19(4,5)27-18(24)26-12(3)11(2)25-17(23)14(20)9-13-7-8-15(21)16(22)10-13/h7-8,10-12,14,21-22H,6,9,20H2,1-5H3/t11-,12?,14+/m1/s1. The van der Waals surface area contributed by atoms with E-state index in [1.807, 2.05) is 6.92 Å². The molecule has 0 heterocycles. The average Bonchev–Trinajstić information content (AvgIpc) is 2.57. The second-order valence-electron chi connectivity index (χ2n) is 7.06. The number of benzene rings is 1. The molecule has 0 radical (unpaired) electrons. The maximum atomic E-state index is 12.1. The molecule has 0 aromatic heterocycles. The molecule has 0 bridgehead atoms. The van der Waals surface area contributed by atoms with Crippen LogP contribution in [0.3, 0.4) is 0 Å². The summed E-state index contributed by atoms with van der Waals surface area (Å²) in [5.74, 6) is -1.22. The van der Waals surface area contributed by atoms with Crippen LogP contribution in [-0.2, 0) is 25.4 Å². The van der Waals surface area contributed by atoms with E-state index < -0.39 is 36.0 Å². The predicted molar refractivity (Wildman–Crippen MR) is 98.4 cm³/mol. The smallest absolute Gasteiger partial charge is 0.504 e. The Kier molecular flexibility index (Phi) is 7.90. The number of carbonyl (C=O) groups is 2. The molecule has 0 amide bonds.